The van der Waals surface area contributed by atoms with Crippen molar-refractivity contribution >= 4 is 23.3 Å². The van der Waals surface area contributed by atoms with Gasteiger partial charge in [0.05, 0.1) is 6.54 Å². The monoisotopic (exact) mass is 270 g/mol. The van der Waals surface area contributed by atoms with Gasteiger partial charge in [0, 0.05) is 33.3 Å². The summed E-state index contributed by atoms with van der Waals surface area (Å²) in [5, 5.41) is 0.360. The van der Waals surface area contributed by atoms with Crippen molar-refractivity contribution in [3.05, 3.63) is 17.0 Å². The van der Waals surface area contributed by atoms with E-state index in [9.17, 15) is 4.79 Å². The lowest BCUT2D eigenvalue weighted by atomic mass is 10.3. The van der Waals surface area contributed by atoms with Crippen molar-refractivity contribution in [3.8, 4) is 0 Å². The molecular formula is C11H15ClN4O2. The standard InChI is InChI=1S/C11H15ClN4O2/c1-15-3-4-16(6-11(15)17)10-5-8(12)13-9(14-10)7-18-2/h5H,3-4,6-7H2,1-2H3. The first-order valence-corrected chi connectivity index (χ1v) is 5.99. The predicted molar refractivity (Wildman–Crippen MR) is 67.6 cm³/mol. The number of methoxy groups -OCH3 is 1. The van der Waals surface area contributed by atoms with Crippen molar-refractivity contribution in [2.24, 2.45) is 0 Å². The molecule has 1 aromatic rings. The minimum atomic E-state index is 0.0734. The topological polar surface area (TPSA) is 58.6 Å². The predicted octanol–water partition coefficient (Wildman–Crippen LogP) is 0.555. The number of hydrogen-bond donors (Lipinski definition) is 0. The molecule has 2 rings (SSSR count). The molecule has 0 aromatic carbocycles. The highest BCUT2D eigenvalue weighted by atomic mass is 35.5. The maximum Gasteiger partial charge on any atom is 0.241 e. The number of anilines is 1. The summed E-state index contributed by atoms with van der Waals surface area (Å²) >= 11 is 5.94. The molecule has 0 N–H and O–H groups in total. The van der Waals surface area contributed by atoms with Crippen LogP contribution in [0, 0.1) is 0 Å². The van der Waals surface area contributed by atoms with Gasteiger partial charge in [-0.05, 0) is 0 Å². The summed E-state index contributed by atoms with van der Waals surface area (Å²) < 4.78 is 4.99. The van der Waals surface area contributed by atoms with E-state index in [0.717, 1.165) is 6.54 Å². The highest BCUT2D eigenvalue weighted by Crippen LogP contribution is 2.18. The Morgan fingerprint density at radius 3 is 2.89 bits per heavy atom. The molecule has 0 bridgehead atoms. The Balaban J connectivity index is 2.19. The van der Waals surface area contributed by atoms with Crippen LogP contribution in [0.4, 0.5) is 5.82 Å². The fourth-order valence-electron chi connectivity index (χ4n) is 1.76. The molecule has 2 heterocycles. The van der Waals surface area contributed by atoms with E-state index in [4.69, 9.17) is 16.3 Å². The Bertz CT molecular complexity index is 455. The summed E-state index contributed by atoms with van der Waals surface area (Å²) in [6, 6.07) is 1.67. The number of carbonyl (C=O) groups is 1. The lowest BCUT2D eigenvalue weighted by molar-refractivity contribution is -0.129. The van der Waals surface area contributed by atoms with Crippen LogP contribution in [0.25, 0.3) is 0 Å². The maximum absolute atomic E-state index is 11.7. The zero-order valence-electron chi connectivity index (χ0n) is 10.4. The summed E-state index contributed by atoms with van der Waals surface area (Å²) in [6.07, 6.45) is 0. The minimum Gasteiger partial charge on any atom is -0.377 e. The third kappa shape index (κ3) is 2.88. The number of rotatable bonds is 3. The van der Waals surface area contributed by atoms with Crippen LogP contribution in [0.2, 0.25) is 5.15 Å². The van der Waals surface area contributed by atoms with Crippen molar-refractivity contribution < 1.29 is 9.53 Å². The molecule has 1 saturated heterocycles. The molecule has 0 spiro atoms. The van der Waals surface area contributed by atoms with Gasteiger partial charge >= 0.3 is 0 Å². The number of hydrogen-bond acceptors (Lipinski definition) is 5. The Hall–Kier alpha value is -1.40. The van der Waals surface area contributed by atoms with Crippen LogP contribution in [0.3, 0.4) is 0 Å². The molecule has 1 aliphatic rings. The second kappa shape index (κ2) is 5.49. The number of aromatic nitrogens is 2. The van der Waals surface area contributed by atoms with Crippen LogP contribution < -0.4 is 4.90 Å². The van der Waals surface area contributed by atoms with Crippen molar-refractivity contribution in [1.82, 2.24) is 14.9 Å². The molecule has 1 aromatic heterocycles. The van der Waals surface area contributed by atoms with E-state index in [2.05, 4.69) is 9.97 Å². The molecule has 18 heavy (non-hydrogen) atoms. The number of likely N-dealkylation sites (N-methyl/N-ethyl adjacent to an activating group) is 1. The van der Waals surface area contributed by atoms with Gasteiger partial charge in [0.25, 0.3) is 0 Å². The number of amides is 1. The Morgan fingerprint density at radius 2 is 2.22 bits per heavy atom. The van der Waals surface area contributed by atoms with Crippen LogP contribution in [0.1, 0.15) is 5.82 Å². The number of piperazine rings is 1. The Morgan fingerprint density at radius 1 is 1.44 bits per heavy atom. The number of carbonyl (C=O) groups excluding carboxylic acids is 1. The van der Waals surface area contributed by atoms with Gasteiger partial charge < -0.3 is 14.5 Å². The average molecular weight is 271 g/mol. The van der Waals surface area contributed by atoms with Crippen LogP contribution in [0.15, 0.2) is 6.07 Å². The highest BCUT2D eigenvalue weighted by molar-refractivity contribution is 6.29. The SMILES string of the molecule is COCc1nc(Cl)cc(N2CCN(C)C(=O)C2)n1. The Kier molecular flexibility index (Phi) is 3.98. The molecule has 6 nitrogen and oxygen atoms in total. The normalized spacial score (nSPS) is 16.3. The first-order valence-electron chi connectivity index (χ1n) is 5.61. The van der Waals surface area contributed by atoms with Crippen LogP contribution >= 0.6 is 11.6 Å². The third-order valence-electron chi connectivity index (χ3n) is 2.78. The molecule has 0 unspecified atom stereocenters. The quantitative estimate of drug-likeness (QED) is 0.751. The van der Waals surface area contributed by atoms with E-state index in [-0.39, 0.29) is 5.91 Å². The summed E-state index contributed by atoms with van der Waals surface area (Å²) in [5.74, 6) is 1.26. The minimum absolute atomic E-state index is 0.0734. The Labute approximate surface area is 111 Å². The van der Waals surface area contributed by atoms with Gasteiger partial charge in [0.2, 0.25) is 5.91 Å². The zero-order valence-corrected chi connectivity index (χ0v) is 11.1. The van der Waals surface area contributed by atoms with Crippen molar-refractivity contribution in [3.63, 3.8) is 0 Å². The van der Waals surface area contributed by atoms with E-state index >= 15 is 0 Å². The number of halogens is 1. The molecule has 1 aliphatic heterocycles. The molecular weight excluding hydrogens is 256 g/mol. The van der Waals surface area contributed by atoms with E-state index in [0.29, 0.717) is 36.5 Å². The van der Waals surface area contributed by atoms with E-state index in [1.807, 2.05) is 4.90 Å². The van der Waals surface area contributed by atoms with Crippen LogP contribution in [0.5, 0.6) is 0 Å². The van der Waals surface area contributed by atoms with Gasteiger partial charge in [-0.2, -0.15) is 0 Å². The first-order chi connectivity index (χ1) is 8.60. The second-order valence-corrected chi connectivity index (χ2v) is 4.52. The van der Waals surface area contributed by atoms with Gasteiger partial charge in [-0.3, -0.25) is 4.79 Å². The molecule has 0 aliphatic carbocycles. The lowest BCUT2D eigenvalue weighted by Crippen LogP contribution is -2.48. The van der Waals surface area contributed by atoms with Crippen molar-refractivity contribution in [2.45, 2.75) is 6.61 Å². The fourth-order valence-corrected chi connectivity index (χ4v) is 1.96. The van der Waals surface area contributed by atoms with Crippen molar-refractivity contribution in [2.75, 3.05) is 38.7 Å². The summed E-state index contributed by atoms with van der Waals surface area (Å²) in [4.78, 5) is 23.7. The maximum atomic E-state index is 11.7. The zero-order chi connectivity index (χ0) is 13.1. The number of ether oxygens (including phenoxy) is 1. The average Bonchev–Trinajstić information content (AvgIpc) is 2.32. The van der Waals surface area contributed by atoms with Crippen LogP contribution in [-0.2, 0) is 16.1 Å². The smallest absolute Gasteiger partial charge is 0.241 e. The lowest BCUT2D eigenvalue weighted by Gasteiger charge is -2.32. The summed E-state index contributed by atoms with van der Waals surface area (Å²) in [5.41, 5.74) is 0. The fraction of sp³-hybridized carbons (Fsp3) is 0.545. The third-order valence-corrected chi connectivity index (χ3v) is 2.98. The van der Waals surface area contributed by atoms with Gasteiger partial charge in [-0.25, -0.2) is 9.97 Å². The molecule has 0 saturated carbocycles. The van der Waals surface area contributed by atoms with Crippen molar-refractivity contribution in [1.29, 1.82) is 0 Å². The molecule has 98 valence electrons. The van der Waals surface area contributed by atoms with Gasteiger partial charge in [0.1, 0.15) is 17.6 Å². The molecule has 7 heteroatoms. The second-order valence-electron chi connectivity index (χ2n) is 4.13. The highest BCUT2D eigenvalue weighted by Gasteiger charge is 2.22. The van der Waals surface area contributed by atoms with E-state index in [1.54, 1.807) is 25.1 Å². The molecule has 1 fully saturated rings. The first kappa shape index (κ1) is 13.0. The molecule has 0 atom stereocenters. The van der Waals surface area contributed by atoms with Crippen LogP contribution in [-0.4, -0.2) is 54.6 Å². The largest absolute Gasteiger partial charge is 0.377 e. The number of nitrogens with zero attached hydrogens (tertiary/aromatic N) is 4. The molecule has 1 amide bonds. The summed E-state index contributed by atoms with van der Waals surface area (Å²) in [7, 11) is 3.37. The van der Waals surface area contributed by atoms with Gasteiger partial charge in [-0.1, -0.05) is 11.6 Å². The molecule has 0 radical (unpaired) electrons. The van der Waals surface area contributed by atoms with E-state index < -0.39 is 0 Å². The summed E-state index contributed by atoms with van der Waals surface area (Å²) in [6.45, 7) is 2.04. The van der Waals surface area contributed by atoms with Gasteiger partial charge in [0.15, 0.2) is 5.82 Å². The van der Waals surface area contributed by atoms with E-state index in [1.165, 1.54) is 0 Å². The van der Waals surface area contributed by atoms with Gasteiger partial charge in [-0.15, -0.1) is 0 Å².